The Labute approximate surface area is 196 Å². The summed E-state index contributed by atoms with van der Waals surface area (Å²) in [5.41, 5.74) is 1.24. The summed E-state index contributed by atoms with van der Waals surface area (Å²) in [7, 11) is 0. The number of hydrogen-bond acceptors (Lipinski definition) is 7. The largest absolute Gasteiger partial charge is 0.462 e. The Bertz CT molecular complexity index is 1110. The number of carbonyl (C=O) groups is 4. The van der Waals surface area contributed by atoms with E-state index < -0.39 is 23.8 Å². The Morgan fingerprint density at radius 1 is 0.706 bits per heavy atom. The first-order chi connectivity index (χ1) is 16.4. The summed E-state index contributed by atoms with van der Waals surface area (Å²) in [5, 5.41) is 5.29. The van der Waals surface area contributed by atoms with Crippen molar-refractivity contribution in [1.82, 2.24) is 4.98 Å². The SMILES string of the molecule is CCOC(=O)c1ccccc1NC(=O)c1ccc(C(=O)Nc2ccccc2C(=O)OCC)nc1. The Balaban J connectivity index is 1.72. The van der Waals surface area contributed by atoms with Crippen LogP contribution in [0.4, 0.5) is 11.4 Å². The molecule has 0 unspecified atom stereocenters. The van der Waals surface area contributed by atoms with Crippen LogP contribution in [0.3, 0.4) is 0 Å². The Morgan fingerprint density at radius 2 is 1.21 bits per heavy atom. The number of benzene rings is 2. The van der Waals surface area contributed by atoms with Crippen molar-refractivity contribution >= 4 is 35.1 Å². The molecule has 0 fully saturated rings. The van der Waals surface area contributed by atoms with Crippen LogP contribution in [0.25, 0.3) is 0 Å². The first-order valence-electron chi connectivity index (χ1n) is 10.6. The second kappa shape index (κ2) is 11.4. The molecule has 2 N–H and O–H groups in total. The van der Waals surface area contributed by atoms with Gasteiger partial charge < -0.3 is 20.1 Å². The average molecular weight is 461 g/mol. The van der Waals surface area contributed by atoms with E-state index >= 15 is 0 Å². The molecule has 2 amide bonds. The average Bonchev–Trinajstić information content (AvgIpc) is 2.85. The zero-order valence-corrected chi connectivity index (χ0v) is 18.7. The van der Waals surface area contributed by atoms with Crippen LogP contribution < -0.4 is 10.6 Å². The molecular formula is C25H23N3O6. The molecule has 0 atom stereocenters. The van der Waals surface area contributed by atoms with E-state index in [2.05, 4.69) is 15.6 Å². The molecule has 0 aliphatic carbocycles. The van der Waals surface area contributed by atoms with Gasteiger partial charge >= 0.3 is 11.9 Å². The molecule has 174 valence electrons. The normalized spacial score (nSPS) is 10.2. The third-order valence-electron chi connectivity index (χ3n) is 4.60. The molecule has 1 heterocycles. The van der Waals surface area contributed by atoms with E-state index in [1.54, 1.807) is 62.4 Å². The van der Waals surface area contributed by atoms with Crippen LogP contribution in [-0.2, 0) is 9.47 Å². The van der Waals surface area contributed by atoms with Crippen molar-refractivity contribution in [1.29, 1.82) is 0 Å². The summed E-state index contributed by atoms with van der Waals surface area (Å²) in [4.78, 5) is 53.5. The molecule has 0 saturated heterocycles. The number of para-hydroxylation sites is 2. The maximum atomic E-state index is 12.6. The van der Waals surface area contributed by atoms with E-state index in [0.717, 1.165) is 0 Å². The van der Waals surface area contributed by atoms with E-state index in [1.165, 1.54) is 18.3 Å². The monoisotopic (exact) mass is 461 g/mol. The summed E-state index contributed by atoms with van der Waals surface area (Å²) in [6.45, 7) is 3.79. The Morgan fingerprint density at radius 3 is 1.68 bits per heavy atom. The summed E-state index contributed by atoms with van der Waals surface area (Å²) < 4.78 is 10.0. The van der Waals surface area contributed by atoms with Gasteiger partial charge in [0.05, 0.1) is 41.3 Å². The highest BCUT2D eigenvalue weighted by Crippen LogP contribution is 2.19. The van der Waals surface area contributed by atoms with Crippen molar-refractivity contribution in [3.05, 3.63) is 89.2 Å². The van der Waals surface area contributed by atoms with Crippen molar-refractivity contribution in [2.24, 2.45) is 0 Å². The highest BCUT2D eigenvalue weighted by molar-refractivity contribution is 6.09. The predicted molar refractivity (Wildman–Crippen MR) is 125 cm³/mol. The van der Waals surface area contributed by atoms with Crippen LogP contribution in [0.5, 0.6) is 0 Å². The van der Waals surface area contributed by atoms with Crippen molar-refractivity contribution in [2.75, 3.05) is 23.8 Å². The summed E-state index contributed by atoms with van der Waals surface area (Å²) in [6, 6.07) is 15.7. The van der Waals surface area contributed by atoms with Gasteiger partial charge in [0.15, 0.2) is 0 Å². The molecule has 0 radical (unpaired) electrons. The van der Waals surface area contributed by atoms with E-state index in [4.69, 9.17) is 9.47 Å². The van der Waals surface area contributed by atoms with Crippen molar-refractivity contribution < 1.29 is 28.7 Å². The minimum atomic E-state index is -0.559. The van der Waals surface area contributed by atoms with Crippen molar-refractivity contribution in [2.45, 2.75) is 13.8 Å². The van der Waals surface area contributed by atoms with Gasteiger partial charge in [0.25, 0.3) is 11.8 Å². The van der Waals surface area contributed by atoms with E-state index in [-0.39, 0.29) is 41.3 Å². The van der Waals surface area contributed by atoms with Gasteiger partial charge in [0.1, 0.15) is 5.69 Å². The first-order valence-corrected chi connectivity index (χ1v) is 10.6. The lowest BCUT2D eigenvalue weighted by molar-refractivity contribution is 0.0517. The van der Waals surface area contributed by atoms with Gasteiger partial charge in [-0.1, -0.05) is 24.3 Å². The fraction of sp³-hybridized carbons (Fsp3) is 0.160. The highest BCUT2D eigenvalue weighted by Gasteiger charge is 2.18. The number of nitrogens with one attached hydrogen (secondary N) is 2. The van der Waals surface area contributed by atoms with Crippen LogP contribution in [0.1, 0.15) is 55.4 Å². The van der Waals surface area contributed by atoms with Crippen LogP contribution in [0, 0.1) is 0 Å². The summed E-state index contributed by atoms with van der Waals surface area (Å²) in [5.74, 6) is -2.17. The second-order valence-electron chi connectivity index (χ2n) is 6.87. The van der Waals surface area contributed by atoms with E-state index in [0.29, 0.717) is 5.69 Å². The van der Waals surface area contributed by atoms with Gasteiger partial charge in [0, 0.05) is 6.20 Å². The predicted octanol–water partition coefficient (Wildman–Crippen LogP) is 3.94. The van der Waals surface area contributed by atoms with E-state index in [1.807, 2.05) is 0 Å². The maximum Gasteiger partial charge on any atom is 0.340 e. The molecular weight excluding hydrogens is 438 g/mol. The fourth-order valence-electron chi connectivity index (χ4n) is 3.00. The minimum absolute atomic E-state index is 0.0436. The third-order valence-corrected chi connectivity index (χ3v) is 4.60. The van der Waals surface area contributed by atoms with Gasteiger partial charge in [-0.15, -0.1) is 0 Å². The van der Waals surface area contributed by atoms with Crippen molar-refractivity contribution in [3.63, 3.8) is 0 Å². The summed E-state index contributed by atoms with van der Waals surface area (Å²) in [6.07, 6.45) is 1.24. The number of ether oxygens (including phenoxy) is 2. The highest BCUT2D eigenvalue weighted by atomic mass is 16.5. The molecule has 0 aliphatic rings. The third kappa shape index (κ3) is 5.83. The van der Waals surface area contributed by atoms with Crippen molar-refractivity contribution in [3.8, 4) is 0 Å². The number of anilines is 2. The molecule has 34 heavy (non-hydrogen) atoms. The quantitative estimate of drug-likeness (QED) is 0.487. The second-order valence-corrected chi connectivity index (χ2v) is 6.87. The lowest BCUT2D eigenvalue weighted by Crippen LogP contribution is -2.18. The lowest BCUT2D eigenvalue weighted by Gasteiger charge is -2.11. The van der Waals surface area contributed by atoms with Gasteiger partial charge in [-0.3, -0.25) is 14.6 Å². The number of esters is 2. The molecule has 0 aliphatic heterocycles. The van der Waals surface area contributed by atoms with E-state index in [9.17, 15) is 19.2 Å². The number of aromatic nitrogens is 1. The molecule has 3 rings (SSSR count). The number of amides is 2. The molecule has 0 bridgehead atoms. The molecule has 2 aromatic carbocycles. The standard InChI is InChI=1S/C25H23N3O6/c1-3-33-24(31)17-9-5-7-11-19(17)27-22(29)16-13-14-21(26-15-16)23(30)28-20-12-8-6-10-18(20)25(32)34-4-2/h5-15H,3-4H2,1-2H3,(H,27,29)(H,28,30). The number of hydrogen-bond donors (Lipinski definition) is 2. The molecule has 0 saturated carbocycles. The lowest BCUT2D eigenvalue weighted by atomic mass is 10.1. The molecule has 0 spiro atoms. The molecule has 3 aromatic rings. The number of pyridine rings is 1. The number of nitrogens with zero attached hydrogens (tertiary/aromatic N) is 1. The topological polar surface area (TPSA) is 124 Å². The van der Waals surface area contributed by atoms with Gasteiger partial charge in [0.2, 0.25) is 0 Å². The minimum Gasteiger partial charge on any atom is -0.462 e. The first kappa shape index (κ1) is 24.1. The smallest absolute Gasteiger partial charge is 0.340 e. The molecule has 1 aromatic heterocycles. The Kier molecular flexibility index (Phi) is 8.07. The molecule has 9 heteroatoms. The Hall–Kier alpha value is -4.53. The zero-order valence-electron chi connectivity index (χ0n) is 18.7. The number of rotatable bonds is 8. The van der Waals surface area contributed by atoms with Crippen LogP contribution in [0.2, 0.25) is 0 Å². The van der Waals surface area contributed by atoms with Gasteiger partial charge in [-0.05, 0) is 50.2 Å². The van der Waals surface area contributed by atoms with Gasteiger partial charge in [-0.2, -0.15) is 0 Å². The van der Waals surface area contributed by atoms with Crippen LogP contribution in [-0.4, -0.2) is 42.0 Å². The fourth-order valence-corrected chi connectivity index (χ4v) is 3.00. The molecule has 9 nitrogen and oxygen atoms in total. The zero-order chi connectivity index (χ0) is 24.5. The number of carbonyl (C=O) groups excluding carboxylic acids is 4. The maximum absolute atomic E-state index is 12.6. The van der Waals surface area contributed by atoms with Crippen LogP contribution in [0.15, 0.2) is 66.9 Å². The van der Waals surface area contributed by atoms with Gasteiger partial charge in [-0.25, -0.2) is 9.59 Å². The van der Waals surface area contributed by atoms with Crippen LogP contribution >= 0.6 is 0 Å². The summed E-state index contributed by atoms with van der Waals surface area (Å²) >= 11 is 0.